The first kappa shape index (κ1) is 13.6. The van der Waals surface area contributed by atoms with Gasteiger partial charge in [-0.3, -0.25) is 9.20 Å². The Labute approximate surface area is 131 Å². The number of hydrogen-bond acceptors (Lipinski definition) is 3. The number of thiazole rings is 1. The van der Waals surface area contributed by atoms with Crippen molar-refractivity contribution in [3.05, 3.63) is 45.0 Å². The highest BCUT2D eigenvalue weighted by molar-refractivity contribution is 9.10. The zero-order valence-corrected chi connectivity index (χ0v) is 13.2. The molecule has 3 rings (SSSR count). The number of nitrogens with zero attached hydrogens (tertiary/aromatic N) is 2. The second kappa shape index (κ2) is 5.20. The van der Waals surface area contributed by atoms with E-state index in [1.807, 2.05) is 29.8 Å². The number of rotatable bonds is 3. The number of carboxylic acids is 1. The summed E-state index contributed by atoms with van der Waals surface area (Å²) in [6, 6.07) is 5.59. The van der Waals surface area contributed by atoms with Gasteiger partial charge in [-0.1, -0.05) is 33.6 Å². The Morgan fingerprint density at radius 3 is 3.00 bits per heavy atom. The van der Waals surface area contributed by atoms with E-state index in [-0.39, 0.29) is 6.42 Å². The van der Waals surface area contributed by atoms with Gasteiger partial charge in [0.15, 0.2) is 4.96 Å². The molecule has 1 aromatic carbocycles. The van der Waals surface area contributed by atoms with E-state index in [4.69, 9.17) is 16.7 Å². The van der Waals surface area contributed by atoms with Crippen molar-refractivity contribution in [2.45, 2.75) is 6.42 Å². The molecule has 0 bridgehead atoms. The van der Waals surface area contributed by atoms with Crippen molar-refractivity contribution in [2.75, 3.05) is 0 Å². The maximum absolute atomic E-state index is 10.8. The highest BCUT2D eigenvalue weighted by Gasteiger charge is 2.13. The maximum Gasteiger partial charge on any atom is 0.309 e. The predicted molar refractivity (Wildman–Crippen MR) is 82.6 cm³/mol. The molecule has 0 saturated heterocycles. The van der Waals surface area contributed by atoms with Crippen LogP contribution in [0.15, 0.2) is 34.2 Å². The zero-order chi connectivity index (χ0) is 14.3. The first-order valence-corrected chi connectivity index (χ1v) is 7.72. The number of hydrogen-bond donors (Lipinski definition) is 1. The van der Waals surface area contributed by atoms with Gasteiger partial charge in [-0.2, -0.15) is 0 Å². The van der Waals surface area contributed by atoms with Gasteiger partial charge < -0.3 is 5.11 Å². The number of carbonyl (C=O) groups is 1. The molecule has 0 spiro atoms. The summed E-state index contributed by atoms with van der Waals surface area (Å²) in [5.74, 6) is -0.860. The summed E-state index contributed by atoms with van der Waals surface area (Å²) >= 11 is 11.0. The molecule has 0 amide bonds. The molecule has 102 valence electrons. The molecule has 20 heavy (non-hydrogen) atoms. The van der Waals surface area contributed by atoms with Crippen LogP contribution in [0.25, 0.3) is 16.2 Å². The summed E-state index contributed by atoms with van der Waals surface area (Å²) in [6.45, 7) is 0. The Kier molecular flexibility index (Phi) is 3.54. The molecule has 3 aromatic rings. The average molecular weight is 372 g/mol. The van der Waals surface area contributed by atoms with Crippen molar-refractivity contribution in [3.63, 3.8) is 0 Å². The topological polar surface area (TPSA) is 54.6 Å². The smallest absolute Gasteiger partial charge is 0.309 e. The van der Waals surface area contributed by atoms with Crippen LogP contribution in [0, 0.1) is 0 Å². The lowest BCUT2D eigenvalue weighted by atomic mass is 10.2. The molecule has 2 heterocycles. The summed E-state index contributed by atoms with van der Waals surface area (Å²) in [5, 5.41) is 11.3. The van der Waals surface area contributed by atoms with Gasteiger partial charge in [0.2, 0.25) is 0 Å². The van der Waals surface area contributed by atoms with Gasteiger partial charge in [0, 0.05) is 27.3 Å². The molecular weight excluding hydrogens is 364 g/mol. The minimum Gasteiger partial charge on any atom is -0.481 e. The summed E-state index contributed by atoms with van der Waals surface area (Å²) in [4.78, 5) is 16.1. The van der Waals surface area contributed by atoms with Crippen LogP contribution in [-0.2, 0) is 11.2 Å². The SMILES string of the molecule is O=C(O)Cc1csc2nc(-c3ccc(Br)cc3Cl)cn12. The molecule has 0 aliphatic carbocycles. The van der Waals surface area contributed by atoms with Crippen LogP contribution < -0.4 is 0 Å². The lowest BCUT2D eigenvalue weighted by molar-refractivity contribution is -0.136. The standard InChI is InChI=1S/C13H8BrClN2O2S/c14-7-1-2-9(10(15)3-7)11-5-17-8(4-12(18)19)6-20-13(17)16-11/h1-3,5-6H,4H2,(H,18,19). The number of aromatic nitrogens is 2. The number of imidazole rings is 1. The molecule has 0 aliphatic rings. The third kappa shape index (κ3) is 2.46. The van der Waals surface area contributed by atoms with Gasteiger partial charge in [0.25, 0.3) is 0 Å². The van der Waals surface area contributed by atoms with Gasteiger partial charge in [-0.25, -0.2) is 4.98 Å². The van der Waals surface area contributed by atoms with Crippen LogP contribution in [0.1, 0.15) is 5.69 Å². The summed E-state index contributed by atoms with van der Waals surface area (Å²) in [6.07, 6.45) is 1.79. The van der Waals surface area contributed by atoms with E-state index in [9.17, 15) is 4.79 Å². The van der Waals surface area contributed by atoms with Crippen LogP contribution in [0.5, 0.6) is 0 Å². The predicted octanol–water partition coefficient (Wildman–Crippen LogP) is 4.11. The second-order valence-corrected chi connectivity index (χ2v) is 6.36. The van der Waals surface area contributed by atoms with Crippen molar-refractivity contribution >= 4 is 49.8 Å². The van der Waals surface area contributed by atoms with Crippen LogP contribution in [-0.4, -0.2) is 20.5 Å². The number of fused-ring (bicyclic) bond motifs is 1. The molecule has 0 atom stereocenters. The quantitative estimate of drug-likeness (QED) is 0.754. The molecule has 0 unspecified atom stereocenters. The number of benzene rings is 1. The fourth-order valence-electron chi connectivity index (χ4n) is 1.94. The van der Waals surface area contributed by atoms with Crippen LogP contribution in [0.4, 0.5) is 0 Å². The van der Waals surface area contributed by atoms with Gasteiger partial charge >= 0.3 is 5.97 Å². The van der Waals surface area contributed by atoms with E-state index < -0.39 is 5.97 Å². The number of aliphatic carboxylic acids is 1. The summed E-state index contributed by atoms with van der Waals surface area (Å²) in [7, 11) is 0. The first-order chi connectivity index (χ1) is 9.54. The van der Waals surface area contributed by atoms with E-state index in [2.05, 4.69) is 20.9 Å². The van der Waals surface area contributed by atoms with E-state index in [1.54, 1.807) is 4.40 Å². The molecule has 1 N–H and O–H groups in total. The van der Waals surface area contributed by atoms with E-state index in [0.717, 1.165) is 20.7 Å². The molecule has 0 saturated carbocycles. The summed E-state index contributed by atoms with van der Waals surface area (Å²) < 4.78 is 2.70. The summed E-state index contributed by atoms with van der Waals surface area (Å²) in [5.41, 5.74) is 2.28. The minimum atomic E-state index is -0.860. The zero-order valence-electron chi connectivity index (χ0n) is 10.0. The lowest BCUT2D eigenvalue weighted by Gasteiger charge is -2.00. The fraction of sp³-hybridized carbons (Fsp3) is 0.0769. The third-order valence-corrected chi connectivity index (χ3v) is 4.52. The van der Waals surface area contributed by atoms with E-state index in [0.29, 0.717) is 10.7 Å². The molecular formula is C13H8BrClN2O2S. The Morgan fingerprint density at radius 2 is 2.30 bits per heavy atom. The monoisotopic (exact) mass is 370 g/mol. The van der Waals surface area contributed by atoms with Gasteiger partial charge in [0.05, 0.1) is 17.1 Å². The molecule has 2 aromatic heterocycles. The Morgan fingerprint density at radius 1 is 1.50 bits per heavy atom. The van der Waals surface area contributed by atoms with Gasteiger partial charge in [0.1, 0.15) is 0 Å². The lowest BCUT2D eigenvalue weighted by Crippen LogP contribution is -2.02. The Balaban J connectivity index is 2.09. The number of halogens is 2. The second-order valence-electron chi connectivity index (χ2n) is 4.20. The molecule has 0 aliphatic heterocycles. The fourth-order valence-corrected chi connectivity index (χ4v) is 3.58. The highest BCUT2D eigenvalue weighted by Crippen LogP contribution is 2.31. The van der Waals surface area contributed by atoms with Crippen molar-refractivity contribution < 1.29 is 9.90 Å². The van der Waals surface area contributed by atoms with Gasteiger partial charge in [-0.15, -0.1) is 11.3 Å². The molecule has 7 heteroatoms. The first-order valence-electron chi connectivity index (χ1n) is 5.67. The van der Waals surface area contributed by atoms with Crippen LogP contribution in [0.2, 0.25) is 5.02 Å². The van der Waals surface area contributed by atoms with Crippen molar-refractivity contribution in [1.29, 1.82) is 0 Å². The number of carboxylic acid groups (broad SMARTS) is 1. The van der Waals surface area contributed by atoms with Crippen molar-refractivity contribution in [3.8, 4) is 11.3 Å². The maximum atomic E-state index is 10.8. The van der Waals surface area contributed by atoms with Crippen molar-refractivity contribution in [2.24, 2.45) is 0 Å². The van der Waals surface area contributed by atoms with E-state index >= 15 is 0 Å². The highest BCUT2D eigenvalue weighted by atomic mass is 79.9. The molecule has 4 nitrogen and oxygen atoms in total. The van der Waals surface area contributed by atoms with Crippen LogP contribution >= 0.6 is 38.9 Å². The molecule has 0 radical (unpaired) electrons. The normalized spacial score (nSPS) is 11.1. The van der Waals surface area contributed by atoms with Gasteiger partial charge in [-0.05, 0) is 12.1 Å². The molecule has 0 fully saturated rings. The van der Waals surface area contributed by atoms with Crippen molar-refractivity contribution in [1.82, 2.24) is 9.38 Å². The average Bonchev–Trinajstić information content (AvgIpc) is 2.91. The van der Waals surface area contributed by atoms with E-state index in [1.165, 1.54) is 11.3 Å². The minimum absolute atomic E-state index is 0.0239. The third-order valence-electron chi connectivity index (χ3n) is 2.82. The Hall–Kier alpha value is -1.37. The van der Waals surface area contributed by atoms with Crippen LogP contribution in [0.3, 0.4) is 0 Å². The Bertz CT molecular complexity index is 812. The largest absolute Gasteiger partial charge is 0.481 e.